The number of carbonyl (C=O) groups excluding carboxylic acids is 1. The maximum absolute atomic E-state index is 12.2. The van der Waals surface area contributed by atoms with Gasteiger partial charge in [0.25, 0.3) is 0 Å². The van der Waals surface area contributed by atoms with Crippen molar-refractivity contribution >= 4 is 34.4 Å². The zero-order valence-corrected chi connectivity index (χ0v) is 15.2. The van der Waals surface area contributed by atoms with E-state index in [1.54, 1.807) is 6.07 Å². The van der Waals surface area contributed by atoms with Crippen LogP contribution in [0.2, 0.25) is 0 Å². The molecule has 2 aromatic carbocycles. The van der Waals surface area contributed by atoms with E-state index in [1.807, 2.05) is 37.3 Å². The van der Waals surface area contributed by atoms with Gasteiger partial charge in [0.05, 0.1) is 30.0 Å². The van der Waals surface area contributed by atoms with Gasteiger partial charge >= 0.3 is 0 Å². The number of rotatable bonds is 4. The molecule has 134 valence electrons. The van der Waals surface area contributed by atoms with Crippen LogP contribution in [-0.4, -0.2) is 34.8 Å². The minimum atomic E-state index is -0.0962. The lowest BCUT2D eigenvalue weighted by Crippen LogP contribution is -2.14. The fourth-order valence-electron chi connectivity index (χ4n) is 2.74. The molecule has 3 aromatic rings. The molecule has 0 unspecified atom stereocenters. The molecule has 2 N–H and O–H groups in total. The fourth-order valence-corrected chi connectivity index (χ4v) is 3.43. The van der Waals surface area contributed by atoms with Crippen molar-refractivity contribution in [1.29, 1.82) is 0 Å². The smallest absolute Gasteiger partial charge is 0.234 e. The molecule has 0 saturated heterocycles. The molecule has 1 aromatic heterocycles. The van der Waals surface area contributed by atoms with Crippen LogP contribution < -0.4 is 14.8 Å². The number of ether oxygens (including phenoxy) is 2. The van der Waals surface area contributed by atoms with Gasteiger partial charge in [-0.15, -0.1) is 0 Å². The molecule has 6 nitrogen and oxygen atoms in total. The van der Waals surface area contributed by atoms with Gasteiger partial charge in [-0.1, -0.05) is 17.8 Å². The average Bonchev–Trinajstić information content (AvgIpc) is 2.88. The van der Waals surface area contributed by atoms with Crippen molar-refractivity contribution in [2.45, 2.75) is 18.5 Å². The Hall–Kier alpha value is -2.67. The third kappa shape index (κ3) is 3.77. The summed E-state index contributed by atoms with van der Waals surface area (Å²) in [6.07, 6.45) is 0.851. The molecule has 2 heterocycles. The van der Waals surface area contributed by atoms with Crippen LogP contribution in [0, 0.1) is 6.92 Å². The van der Waals surface area contributed by atoms with Crippen molar-refractivity contribution < 1.29 is 14.3 Å². The first-order valence-electron chi connectivity index (χ1n) is 8.46. The number of hydrogen-bond donors (Lipinski definition) is 2. The molecule has 1 aliphatic rings. The van der Waals surface area contributed by atoms with Crippen molar-refractivity contribution in [2.24, 2.45) is 0 Å². The summed E-state index contributed by atoms with van der Waals surface area (Å²) in [7, 11) is 0. The summed E-state index contributed by atoms with van der Waals surface area (Å²) in [5, 5.41) is 3.62. The molecular weight excluding hydrogens is 350 g/mol. The number of thioether (sulfide) groups is 1. The maximum atomic E-state index is 12.2. The predicted octanol–water partition coefficient (Wildman–Crippen LogP) is 3.76. The van der Waals surface area contributed by atoms with Crippen molar-refractivity contribution in [3.8, 4) is 11.5 Å². The highest BCUT2D eigenvalue weighted by atomic mass is 32.2. The summed E-state index contributed by atoms with van der Waals surface area (Å²) in [5.74, 6) is 1.56. The lowest BCUT2D eigenvalue weighted by atomic mass is 10.2. The quantitative estimate of drug-likeness (QED) is 0.685. The standard InChI is InChI=1S/C19H19N3O3S/c1-12-3-5-14-15(9-12)22-19(21-14)26-11-18(23)20-13-4-6-16-17(10-13)25-8-2-7-24-16/h3-6,9-10H,2,7-8,11H2,1H3,(H,20,23)(H,21,22). The Kier molecular flexibility index (Phi) is 4.71. The van der Waals surface area contributed by atoms with Crippen molar-refractivity contribution in [1.82, 2.24) is 9.97 Å². The second-order valence-corrected chi connectivity index (χ2v) is 7.08. The number of fused-ring (bicyclic) bond motifs is 2. The van der Waals surface area contributed by atoms with E-state index in [4.69, 9.17) is 9.47 Å². The van der Waals surface area contributed by atoms with Crippen LogP contribution in [0.15, 0.2) is 41.6 Å². The number of hydrogen-bond acceptors (Lipinski definition) is 5. The van der Waals surface area contributed by atoms with E-state index in [0.29, 0.717) is 30.4 Å². The molecule has 0 fully saturated rings. The second kappa shape index (κ2) is 7.29. The molecule has 1 amide bonds. The second-order valence-electron chi connectivity index (χ2n) is 6.11. The van der Waals surface area contributed by atoms with Gasteiger partial charge in [-0.05, 0) is 36.8 Å². The first-order valence-corrected chi connectivity index (χ1v) is 9.44. The lowest BCUT2D eigenvalue weighted by molar-refractivity contribution is -0.113. The number of benzene rings is 2. The molecule has 26 heavy (non-hydrogen) atoms. The predicted molar refractivity (Wildman–Crippen MR) is 102 cm³/mol. The third-order valence-electron chi connectivity index (χ3n) is 3.99. The number of carbonyl (C=O) groups is 1. The van der Waals surface area contributed by atoms with Crippen LogP contribution in [0.3, 0.4) is 0 Å². The van der Waals surface area contributed by atoms with Crippen molar-refractivity contribution in [3.63, 3.8) is 0 Å². The van der Waals surface area contributed by atoms with E-state index in [1.165, 1.54) is 17.3 Å². The zero-order valence-electron chi connectivity index (χ0n) is 14.4. The van der Waals surface area contributed by atoms with Gasteiger partial charge in [0.1, 0.15) is 0 Å². The maximum Gasteiger partial charge on any atom is 0.234 e. The van der Waals surface area contributed by atoms with Gasteiger partial charge in [0, 0.05) is 18.2 Å². The van der Waals surface area contributed by atoms with E-state index in [0.717, 1.165) is 22.6 Å². The van der Waals surface area contributed by atoms with E-state index >= 15 is 0 Å². The number of aromatic amines is 1. The Morgan fingerprint density at radius 2 is 2.04 bits per heavy atom. The summed E-state index contributed by atoms with van der Waals surface area (Å²) >= 11 is 1.38. The van der Waals surface area contributed by atoms with Gasteiger partial charge in [0.15, 0.2) is 16.7 Å². The van der Waals surface area contributed by atoms with Crippen LogP contribution in [0.1, 0.15) is 12.0 Å². The highest BCUT2D eigenvalue weighted by Gasteiger charge is 2.12. The van der Waals surface area contributed by atoms with Crippen LogP contribution in [0.5, 0.6) is 11.5 Å². The van der Waals surface area contributed by atoms with E-state index in [9.17, 15) is 4.79 Å². The average molecular weight is 369 g/mol. The molecule has 0 spiro atoms. The number of aromatic nitrogens is 2. The van der Waals surface area contributed by atoms with Gasteiger partial charge in [0.2, 0.25) is 5.91 Å². The number of imidazole rings is 1. The Labute approximate surface area is 155 Å². The minimum absolute atomic E-state index is 0.0962. The number of nitrogens with zero attached hydrogens (tertiary/aromatic N) is 1. The molecule has 1 aliphatic heterocycles. The van der Waals surface area contributed by atoms with E-state index in [2.05, 4.69) is 15.3 Å². The summed E-state index contributed by atoms with van der Waals surface area (Å²) in [5.41, 5.74) is 3.75. The van der Waals surface area contributed by atoms with Crippen molar-refractivity contribution in [3.05, 3.63) is 42.0 Å². The summed E-state index contributed by atoms with van der Waals surface area (Å²) in [6, 6.07) is 11.5. The Balaban J connectivity index is 1.38. The largest absolute Gasteiger partial charge is 0.490 e. The topological polar surface area (TPSA) is 76.2 Å². The molecule has 0 radical (unpaired) electrons. The minimum Gasteiger partial charge on any atom is -0.490 e. The summed E-state index contributed by atoms with van der Waals surface area (Å²) in [6.45, 7) is 3.30. The Morgan fingerprint density at radius 3 is 2.92 bits per heavy atom. The van der Waals surface area contributed by atoms with Gasteiger partial charge < -0.3 is 19.8 Å². The number of anilines is 1. The highest BCUT2D eigenvalue weighted by Crippen LogP contribution is 2.32. The van der Waals surface area contributed by atoms with Gasteiger partial charge in [-0.25, -0.2) is 4.98 Å². The zero-order chi connectivity index (χ0) is 17.9. The molecule has 0 aliphatic carbocycles. The number of nitrogens with one attached hydrogen (secondary N) is 2. The normalized spacial score (nSPS) is 13.4. The van der Waals surface area contributed by atoms with Gasteiger partial charge in [-0.2, -0.15) is 0 Å². The first-order chi connectivity index (χ1) is 12.7. The molecule has 7 heteroatoms. The third-order valence-corrected chi connectivity index (χ3v) is 4.86. The highest BCUT2D eigenvalue weighted by molar-refractivity contribution is 7.99. The summed E-state index contributed by atoms with van der Waals surface area (Å²) < 4.78 is 11.2. The van der Waals surface area contributed by atoms with Crippen LogP contribution in [0.4, 0.5) is 5.69 Å². The Morgan fingerprint density at radius 1 is 1.19 bits per heavy atom. The SMILES string of the molecule is Cc1ccc2nc(SCC(=O)Nc3ccc4c(c3)OCCCO4)[nH]c2c1. The summed E-state index contributed by atoms with van der Waals surface area (Å²) in [4.78, 5) is 20.0. The first kappa shape index (κ1) is 16.8. The van der Waals surface area contributed by atoms with Gasteiger partial charge in [-0.3, -0.25) is 4.79 Å². The molecular formula is C19H19N3O3S. The van der Waals surface area contributed by atoms with Crippen LogP contribution in [-0.2, 0) is 4.79 Å². The molecule has 4 rings (SSSR count). The number of aryl methyl sites for hydroxylation is 1. The molecule has 0 saturated carbocycles. The number of amides is 1. The van der Waals surface area contributed by atoms with Crippen LogP contribution in [0.25, 0.3) is 11.0 Å². The monoisotopic (exact) mass is 369 g/mol. The van der Waals surface area contributed by atoms with E-state index in [-0.39, 0.29) is 11.7 Å². The van der Waals surface area contributed by atoms with Crippen molar-refractivity contribution in [2.75, 3.05) is 24.3 Å². The number of H-pyrrole nitrogens is 1. The van der Waals surface area contributed by atoms with Crippen LogP contribution >= 0.6 is 11.8 Å². The lowest BCUT2D eigenvalue weighted by Gasteiger charge is -2.10. The van der Waals surface area contributed by atoms with E-state index < -0.39 is 0 Å². The Bertz CT molecular complexity index is 954. The fraction of sp³-hybridized carbons (Fsp3) is 0.263. The molecule has 0 bridgehead atoms. The molecule has 0 atom stereocenters.